The molecule has 1 nitrogen and oxygen atoms in total. The van der Waals surface area contributed by atoms with E-state index in [1.54, 1.807) is 0 Å². The van der Waals surface area contributed by atoms with Gasteiger partial charge in [0, 0.05) is 22.3 Å². The molecule has 0 radical (unpaired) electrons. The summed E-state index contributed by atoms with van der Waals surface area (Å²) in [5.41, 5.74) is 1.25. The zero-order chi connectivity index (χ0) is 10.5. The van der Waals surface area contributed by atoms with Gasteiger partial charge in [-0.2, -0.15) is 11.8 Å². The molecule has 1 saturated heterocycles. The molecule has 2 heteroatoms. The Labute approximate surface area is 90.3 Å². The molecule has 2 fully saturated rings. The van der Waals surface area contributed by atoms with Gasteiger partial charge in [-0.25, -0.2) is 0 Å². The van der Waals surface area contributed by atoms with E-state index in [1.807, 2.05) is 11.8 Å². The number of ketones is 1. The van der Waals surface area contributed by atoms with Crippen molar-refractivity contribution < 1.29 is 4.79 Å². The number of Topliss-reactive ketones (excluding diaryl/α,β-unsaturated/α-hetero) is 1. The van der Waals surface area contributed by atoms with Crippen molar-refractivity contribution in [3.05, 3.63) is 12.2 Å². The third-order valence-electron chi connectivity index (χ3n) is 3.40. The van der Waals surface area contributed by atoms with E-state index in [0.29, 0.717) is 22.9 Å². The van der Waals surface area contributed by atoms with Crippen LogP contribution in [0, 0.1) is 11.8 Å². The second-order valence-corrected chi connectivity index (χ2v) is 7.17. The molecule has 0 N–H and O–H groups in total. The van der Waals surface area contributed by atoms with E-state index < -0.39 is 0 Å². The maximum Gasteiger partial charge on any atom is 0.138 e. The molecule has 1 saturated carbocycles. The second-order valence-electron chi connectivity index (χ2n) is 5.28. The molecule has 0 bridgehead atoms. The van der Waals surface area contributed by atoms with Crippen molar-refractivity contribution in [3.63, 3.8) is 0 Å². The van der Waals surface area contributed by atoms with Crippen LogP contribution in [-0.2, 0) is 4.79 Å². The predicted molar refractivity (Wildman–Crippen MR) is 61.5 cm³/mol. The molecule has 0 spiro atoms. The van der Waals surface area contributed by atoms with Crippen LogP contribution in [0.3, 0.4) is 0 Å². The summed E-state index contributed by atoms with van der Waals surface area (Å²) in [6.07, 6.45) is 1.81. The van der Waals surface area contributed by atoms with Gasteiger partial charge in [0.2, 0.25) is 0 Å². The Balaban J connectivity index is 2.13. The van der Waals surface area contributed by atoms with E-state index in [2.05, 4.69) is 27.4 Å². The highest BCUT2D eigenvalue weighted by molar-refractivity contribution is 8.01. The van der Waals surface area contributed by atoms with Crippen LogP contribution in [0.4, 0.5) is 0 Å². The van der Waals surface area contributed by atoms with E-state index in [-0.39, 0.29) is 4.75 Å². The lowest BCUT2D eigenvalue weighted by molar-refractivity contribution is -0.127. The molecule has 0 aromatic heterocycles. The summed E-state index contributed by atoms with van der Waals surface area (Å²) in [5.74, 6) is 1.42. The Kier molecular flexibility index (Phi) is 2.30. The van der Waals surface area contributed by atoms with Crippen molar-refractivity contribution in [2.45, 2.75) is 43.6 Å². The van der Waals surface area contributed by atoms with Crippen molar-refractivity contribution in [3.8, 4) is 0 Å². The summed E-state index contributed by atoms with van der Waals surface area (Å²) in [4.78, 5) is 11.8. The molecular weight excluding hydrogens is 192 g/mol. The number of hydrogen-bond acceptors (Lipinski definition) is 2. The molecule has 0 amide bonds. The highest BCUT2D eigenvalue weighted by Gasteiger charge is 2.51. The summed E-state index contributed by atoms with van der Waals surface area (Å²) in [6.45, 7) is 10.5. The first kappa shape index (κ1) is 10.3. The number of allylic oxidation sites excluding steroid dienone is 1. The van der Waals surface area contributed by atoms with E-state index in [0.717, 1.165) is 12.8 Å². The summed E-state index contributed by atoms with van der Waals surface area (Å²) in [5, 5.41) is 0.531. The summed E-state index contributed by atoms with van der Waals surface area (Å²) >= 11 is 2.00. The minimum absolute atomic E-state index is 0.145. The second kappa shape index (κ2) is 3.13. The van der Waals surface area contributed by atoms with Gasteiger partial charge in [0.1, 0.15) is 5.78 Å². The van der Waals surface area contributed by atoms with Crippen LogP contribution in [0.25, 0.3) is 0 Å². The van der Waals surface area contributed by atoms with Gasteiger partial charge in [-0.3, -0.25) is 4.79 Å². The van der Waals surface area contributed by atoms with Crippen LogP contribution >= 0.6 is 11.8 Å². The van der Waals surface area contributed by atoms with Crippen LogP contribution in [0.15, 0.2) is 12.2 Å². The molecule has 1 aliphatic carbocycles. The van der Waals surface area contributed by atoms with E-state index in [1.165, 1.54) is 5.57 Å². The molecule has 1 heterocycles. The average Bonchev–Trinajstić information content (AvgIpc) is 1.94. The molecule has 2 rings (SSSR count). The lowest BCUT2D eigenvalue weighted by atomic mass is 9.68. The zero-order valence-electron chi connectivity index (χ0n) is 9.17. The van der Waals surface area contributed by atoms with Crippen LogP contribution < -0.4 is 0 Å². The van der Waals surface area contributed by atoms with Gasteiger partial charge in [-0.1, -0.05) is 26.0 Å². The first-order valence-electron chi connectivity index (χ1n) is 5.27. The molecule has 0 aromatic rings. The number of thioether (sulfide) groups is 1. The van der Waals surface area contributed by atoms with Crippen molar-refractivity contribution in [2.24, 2.45) is 11.8 Å². The van der Waals surface area contributed by atoms with Gasteiger partial charge in [-0.15, -0.1) is 0 Å². The molecule has 0 unspecified atom stereocenters. The number of carbonyl (C=O) groups excluding carboxylic acids is 1. The van der Waals surface area contributed by atoms with Crippen molar-refractivity contribution in [1.29, 1.82) is 0 Å². The fourth-order valence-corrected chi connectivity index (χ4v) is 4.44. The molecule has 14 heavy (non-hydrogen) atoms. The summed E-state index contributed by atoms with van der Waals surface area (Å²) < 4.78 is 0.145. The molecule has 2 aliphatic rings. The van der Waals surface area contributed by atoms with Crippen LogP contribution in [0.1, 0.15) is 33.6 Å². The van der Waals surface area contributed by atoms with Crippen molar-refractivity contribution in [2.75, 3.05) is 0 Å². The molecule has 78 valence electrons. The van der Waals surface area contributed by atoms with Gasteiger partial charge in [0.15, 0.2) is 0 Å². The maximum atomic E-state index is 11.8. The predicted octanol–water partition coefficient (Wildman–Crippen LogP) is 3.05. The van der Waals surface area contributed by atoms with Crippen LogP contribution in [0.2, 0.25) is 0 Å². The van der Waals surface area contributed by atoms with Crippen LogP contribution in [-0.4, -0.2) is 15.8 Å². The first-order chi connectivity index (χ1) is 6.41. The van der Waals surface area contributed by atoms with E-state index >= 15 is 0 Å². The number of hydrogen-bond donors (Lipinski definition) is 0. The minimum Gasteiger partial charge on any atom is -0.299 e. The lowest BCUT2D eigenvalue weighted by Crippen LogP contribution is -2.51. The summed E-state index contributed by atoms with van der Waals surface area (Å²) in [7, 11) is 0. The Bertz CT molecular complexity index is 289. The zero-order valence-corrected chi connectivity index (χ0v) is 9.99. The maximum absolute atomic E-state index is 11.8. The van der Waals surface area contributed by atoms with Gasteiger partial charge in [-0.05, 0) is 19.3 Å². The topological polar surface area (TPSA) is 17.1 Å². The smallest absolute Gasteiger partial charge is 0.138 e. The minimum atomic E-state index is 0.145. The number of fused-ring (bicyclic) bond motifs is 1. The Morgan fingerprint density at radius 2 is 2.21 bits per heavy atom. The molecule has 3 atom stereocenters. The Morgan fingerprint density at radius 1 is 1.57 bits per heavy atom. The van der Waals surface area contributed by atoms with Gasteiger partial charge >= 0.3 is 0 Å². The summed E-state index contributed by atoms with van der Waals surface area (Å²) in [6, 6.07) is 0. The Hall–Kier alpha value is -0.240. The van der Waals surface area contributed by atoms with Crippen molar-refractivity contribution in [1.82, 2.24) is 0 Å². The van der Waals surface area contributed by atoms with Crippen molar-refractivity contribution >= 4 is 17.5 Å². The fraction of sp³-hybridized carbons (Fsp3) is 0.750. The van der Waals surface area contributed by atoms with E-state index in [4.69, 9.17) is 0 Å². The molecule has 0 aromatic carbocycles. The number of carbonyl (C=O) groups is 1. The SMILES string of the molecule is C=C(C)[C@H]1C[C@H]2C(=O)CC(C)(C)S[C@@H]12. The number of rotatable bonds is 1. The normalized spacial score (nSPS) is 39.9. The quantitative estimate of drug-likeness (QED) is 0.619. The van der Waals surface area contributed by atoms with Crippen LogP contribution in [0.5, 0.6) is 0 Å². The Morgan fingerprint density at radius 3 is 2.79 bits per heavy atom. The van der Waals surface area contributed by atoms with Gasteiger partial charge in [0.05, 0.1) is 0 Å². The first-order valence-corrected chi connectivity index (χ1v) is 6.14. The average molecular weight is 210 g/mol. The van der Waals surface area contributed by atoms with E-state index in [9.17, 15) is 4.79 Å². The highest BCUT2D eigenvalue weighted by Crippen LogP contribution is 2.55. The lowest BCUT2D eigenvalue weighted by Gasteiger charge is -2.51. The standard InChI is InChI=1S/C12H18OS/c1-7(2)8-5-9-10(13)6-12(3,4)14-11(8)9/h8-9,11H,1,5-6H2,2-4H3/t8-,9+,11+/m1/s1. The highest BCUT2D eigenvalue weighted by atomic mass is 32.2. The molecular formula is C12H18OS. The van der Waals surface area contributed by atoms with Gasteiger partial charge in [0.25, 0.3) is 0 Å². The van der Waals surface area contributed by atoms with Gasteiger partial charge < -0.3 is 0 Å². The largest absolute Gasteiger partial charge is 0.299 e. The third kappa shape index (κ3) is 1.54. The monoisotopic (exact) mass is 210 g/mol. The molecule has 1 aliphatic heterocycles. The fourth-order valence-electron chi connectivity index (χ4n) is 2.55. The third-order valence-corrected chi connectivity index (χ3v) is 5.11.